The first-order chi connectivity index (χ1) is 19.8. The molecule has 2 atom stereocenters. The van der Waals surface area contributed by atoms with Crippen molar-refractivity contribution >= 4 is 17.4 Å². The molecule has 41 heavy (non-hydrogen) atoms. The molecule has 0 aliphatic carbocycles. The molecule has 0 unspecified atom stereocenters. The predicted octanol–water partition coefficient (Wildman–Crippen LogP) is 5.74. The molecule has 2 aliphatic rings. The summed E-state index contributed by atoms with van der Waals surface area (Å²) in [5, 5.41) is 11.6. The molecule has 8 nitrogen and oxygen atoms in total. The summed E-state index contributed by atoms with van der Waals surface area (Å²) in [7, 11) is 0. The topological polar surface area (TPSA) is 88.5 Å². The molecule has 0 bridgehead atoms. The molecule has 222 valence electrons. The first kappa shape index (κ1) is 30.4. The molecule has 0 aromatic heterocycles. The maximum Gasteiger partial charge on any atom is 0.295 e. The van der Waals surface area contributed by atoms with Crippen LogP contribution in [-0.4, -0.2) is 72.1 Å². The highest BCUT2D eigenvalue weighted by atomic mass is 16.5. The van der Waals surface area contributed by atoms with Crippen molar-refractivity contribution in [3.63, 3.8) is 0 Å². The van der Waals surface area contributed by atoms with Gasteiger partial charge in [0, 0.05) is 18.5 Å². The Kier molecular flexibility index (Phi) is 10.3. The maximum atomic E-state index is 13.6. The summed E-state index contributed by atoms with van der Waals surface area (Å²) in [5.41, 5.74) is 2.25. The van der Waals surface area contributed by atoms with E-state index in [1.165, 1.54) is 0 Å². The van der Waals surface area contributed by atoms with E-state index in [9.17, 15) is 14.7 Å². The van der Waals surface area contributed by atoms with E-state index in [1.54, 1.807) is 11.0 Å². The number of unbranched alkanes of at least 4 members (excludes halogenated alkanes) is 1. The smallest absolute Gasteiger partial charge is 0.295 e. The van der Waals surface area contributed by atoms with Crippen LogP contribution in [0.2, 0.25) is 0 Å². The van der Waals surface area contributed by atoms with Crippen LogP contribution in [0.3, 0.4) is 0 Å². The monoisotopic (exact) mass is 564 g/mol. The Labute approximate surface area is 243 Å². The lowest BCUT2D eigenvalue weighted by Gasteiger charge is -2.27. The Hall–Kier alpha value is -3.52. The number of nitrogens with zero attached hydrogens (tertiary/aromatic N) is 2. The summed E-state index contributed by atoms with van der Waals surface area (Å²) in [4.78, 5) is 30.9. The SMILES string of the molecule is CCCCOc1ccc([C@@H]2/C(=C(\O)c3ccc4c(c3)C[C@@H](C)O4)C(=O)C(=O)N2CCCN(CC)CC)cc1OCC. The lowest BCUT2D eigenvalue weighted by Crippen LogP contribution is -2.33. The van der Waals surface area contributed by atoms with Gasteiger partial charge in [-0.15, -0.1) is 0 Å². The van der Waals surface area contributed by atoms with Crippen LogP contribution in [0.1, 0.15) is 76.6 Å². The van der Waals surface area contributed by atoms with Gasteiger partial charge in [0.05, 0.1) is 24.8 Å². The minimum atomic E-state index is -0.751. The standard InChI is InChI=1S/C33H44N2O6/c1-6-10-18-40-27-15-12-23(21-28(27)39-9-4)30-29(31(36)24-13-14-26-25(20-24)19-22(5)41-26)32(37)33(38)35(30)17-11-16-34(7-2)8-3/h12-15,20-22,30,36H,6-11,16-19H2,1-5H3/b31-29+/t22-,30-/m1/s1. The van der Waals surface area contributed by atoms with E-state index in [2.05, 4.69) is 25.7 Å². The Morgan fingerprint density at radius 2 is 1.80 bits per heavy atom. The van der Waals surface area contributed by atoms with Gasteiger partial charge in [0.25, 0.3) is 11.7 Å². The Morgan fingerprint density at radius 1 is 1.02 bits per heavy atom. The van der Waals surface area contributed by atoms with E-state index >= 15 is 0 Å². The van der Waals surface area contributed by atoms with Gasteiger partial charge in [-0.05, 0) is 87.8 Å². The van der Waals surface area contributed by atoms with Crippen molar-refractivity contribution in [1.29, 1.82) is 0 Å². The number of fused-ring (bicyclic) bond motifs is 1. The molecule has 0 spiro atoms. The van der Waals surface area contributed by atoms with Crippen LogP contribution in [-0.2, 0) is 16.0 Å². The van der Waals surface area contributed by atoms with Crippen molar-refractivity contribution in [2.45, 2.75) is 72.4 Å². The number of ether oxygens (including phenoxy) is 3. The van der Waals surface area contributed by atoms with E-state index in [0.717, 1.165) is 50.2 Å². The van der Waals surface area contributed by atoms with Crippen LogP contribution in [0.15, 0.2) is 42.0 Å². The lowest BCUT2D eigenvalue weighted by atomic mass is 9.94. The number of amides is 1. The van der Waals surface area contributed by atoms with E-state index in [4.69, 9.17) is 14.2 Å². The molecular formula is C33H44N2O6. The van der Waals surface area contributed by atoms with Crippen LogP contribution >= 0.6 is 0 Å². The van der Waals surface area contributed by atoms with Crippen molar-refractivity contribution in [2.75, 3.05) is 39.4 Å². The van der Waals surface area contributed by atoms with Crippen LogP contribution in [0.4, 0.5) is 0 Å². The van der Waals surface area contributed by atoms with Gasteiger partial charge in [-0.25, -0.2) is 0 Å². The fourth-order valence-electron chi connectivity index (χ4n) is 5.60. The number of benzene rings is 2. The average Bonchev–Trinajstić information content (AvgIpc) is 3.46. The Balaban J connectivity index is 1.76. The first-order valence-corrected chi connectivity index (χ1v) is 15.0. The van der Waals surface area contributed by atoms with Gasteiger partial charge < -0.3 is 29.1 Å². The van der Waals surface area contributed by atoms with Crippen molar-refractivity contribution in [3.05, 3.63) is 58.7 Å². The number of aliphatic hydroxyl groups is 1. The van der Waals surface area contributed by atoms with Gasteiger partial charge in [-0.3, -0.25) is 9.59 Å². The summed E-state index contributed by atoms with van der Waals surface area (Å²) >= 11 is 0. The van der Waals surface area contributed by atoms with Crippen molar-refractivity contribution < 1.29 is 28.9 Å². The number of Topliss-reactive ketones (excluding diaryl/α,β-unsaturated/α-hetero) is 1. The van der Waals surface area contributed by atoms with Crippen molar-refractivity contribution in [1.82, 2.24) is 9.80 Å². The molecule has 1 fully saturated rings. The normalized spacial score (nSPS) is 19.5. The fourth-order valence-corrected chi connectivity index (χ4v) is 5.60. The number of hydrogen-bond donors (Lipinski definition) is 1. The molecule has 1 amide bonds. The van der Waals surface area contributed by atoms with Gasteiger partial charge in [-0.2, -0.15) is 0 Å². The summed E-state index contributed by atoms with van der Waals surface area (Å²) in [6.45, 7) is 14.2. The number of hydrogen-bond acceptors (Lipinski definition) is 7. The molecule has 4 rings (SSSR count). The molecule has 1 saturated heterocycles. The highest BCUT2D eigenvalue weighted by Crippen LogP contribution is 2.43. The number of carbonyl (C=O) groups is 2. The van der Waals surface area contributed by atoms with Crippen LogP contribution in [0.5, 0.6) is 17.2 Å². The summed E-state index contributed by atoms with van der Waals surface area (Å²) in [6.07, 6.45) is 3.41. The molecule has 8 heteroatoms. The molecule has 0 saturated carbocycles. The summed E-state index contributed by atoms with van der Waals surface area (Å²) in [5.74, 6) is 0.497. The lowest BCUT2D eigenvalue weighted by molar-refractivity contribution is -0.140. The number of ketones is 1. The second-order valence-corrected chi connectivity index (χ2v) is 10.7. The van der Waals surface area contributed by atoms with E-state index in [1.807, 2.05) is 44.2 Å². The van der Waals surface area contributed by atoms with E-state index < -0.39 is 17.7 Å². The zero-order chi connectivity index (χ0) is 29.5. The molecule has 2 heterocycles. The van der Waals surface area contributed by atoms with E-state index in [-0.39, 0.29) is 17.4 Å². The van der Waals surface area contributed by atoms with Crippen LogP contribution in [0.25, 0.3) is 5.76 Å². The van der Waals surface area contributed by atoms with E-state index in [0.29, 0.717) is 48.8 Å². The molecule has 1 N–H and O–H groups in total. The van der Waals surface area contributed by atoms with Crippen LogP contribution in [0, 0.1) is 0 Å². The van der Waals surface area contributed by atoms with Crippen molar-refractivity contribution in [2.24, 2.45) is 0 Å². The van der Waals surface area contributed by atoms with Gasteiger partial charge in [0.1, 0.15) is 17.6 Å². The second kappa shape index (κ2) is 13.9. The fraction of sp³-hybridized carbons (Fsp3) is 0.515. The second-order valence-electron chi connectivity index (χ2n) is 10.7. The predicted molar refractivity (Wildman–Crippen MR) is 160 cm³/mol. The van der Waals surface area contributed by atoms with Gasteiger partial charge in [-0.1, -0.05) is 33.3 Å². The number of rotatable bonds is 14. The first-order valence-electron chi connectivity index (χ1n) is 15.0. The minimum Gasteiger partial charge on any atom is -0.507 e. The molecule has 2 aliphatic heterocycles. The quantitative estimate of drug-likeness (QED) is 0.135. The number of carbonyl (C=O) groups excluding carboxylic acids is 2. The Morgan fingerprint density at radius 3 is 2.51 bits per heavy atom. The zero-order valence-corrected chi connectivity index (χ0v) is 25.1. The summed E-state index contributed by atoms with van der Waals surface area (Å²) < 4.78 is 17.7. The molecule has 2 aromatic rings. The third kappa shape index (κ3) is 6.70. The number of likely N-dealkylation sites (tertiary alicyclic amines) is 1. The minimum absolute atomic E-state index is 0.0498. The largest absolute Gasteiger partial charge is 0.507 e. The third-order valence-electron chi connectivity index (χ3n) is 7.82. The highest BCUT2D eigenvalue weighted by molar-refractivity contribution is 6.46. The third-order valence-corrected chi connectivity index (χ3v) is 7.82. The highest BCUT2D eigenvalue weighted by Gasteiger charge is 2.46. The molecular weight excluding hydrogens is 520 g/mol. The maximum absolute atomic E-state index is 13.6. The van der Waals surface area contributed by atoms with Gasteiger partial charge in [0.2, 0.25) is 0 Å². The Bertz CT molecular complexity index is 1270. The number of aliphatic hydroxyl groups excluding tert-OH is 1. The summed E-state index contributed by atoms with van der Waals surface area (Å²) in [6, 6.07) is 10.2. The zero-order valence-electron chi connectivity index (χ0n) is 25.1. The van der Waals surface area contributed by atoms with Crippen molar-refractivity contribution in [3.8, 4) is 17.2 Å². The molecule has 0 radical (unpaired) electrons. The van der Waals surface area contributed by atoms with Gasteiger partial charge in [0.15, 0.2) is 11.5 Å². The van der Waals surface area contributed by atoms with Gasteiger partial charge >= 0.3 is 0 Å². The van der Waals surface area contributed by atoms with Crippen LogP contribution < -0.4 is 14.2 Å². The average molecular weight is 565 g/mol. The molecule has 2 aromatic carbocycles.